The summed E-state index contributed by atoms with van der Waals surface area (Å²) in [4.78, 5) is 31.0. The molecule has 174 valence electrons. The van der Waals surface area contributed by atoms with E-state index in [0.29, 0.717) is 49.2 Å². The Morgan fingerprint density at radius 1 is 1.22 bits per heavy atom. The Morgan fingerprint density at radius 2 is 2.03 bits per heavy atom. The maximum atomic E-state index is 13.5. The van der Waals surface area contributed by atoms with Gasteiger partial charge in [-0.3, -0.25) is 9.59 Å². The highest BCUT2D eigenvalue weighted by Gasteiger charge is 2.35. The van der Waals surface area contributed by atoms with Crippen LogP contribution < -0.4 is 0 Å². The number of carbonyl (C=O) groups is 2. The van der Waals surface area contributed by atoms with Crippen LogP contribution in [0.3, 0.4) is 0 Å². The third-order valence-corrected chi connectivity index (χ3v) is 7.17. The van der Waals surface area contributed by atoms with E-state index in [2.05, 4.69) is 11.4 Å². The van der Waals surface area contributed by atoms with Gasteiger partial charge in [0.15, 0.2) is 0 Å². The molecule has 8 heteroatoms. The van der Waals surface area contributed by atoms with Crippen LogP contribution in [0.2, 0.25) is 10.0 Å². The number of nitrogens with zero attached hydrogens (tertiary/aromatic N) is 2. The van der Waals surface area contributed by atoms with Crippen molar-refractivity contribution in [2.75, 3.05) is 32.8 Å². The SMILES string of the molecule is CCCC(=O)N(CCCOCC)CC(=O)N1CCc2sccc2C1c1ccc(Cl)cc1Cl. The van der Waals surface area contributed by atoms with Gasteiger partial charge in [-0.15, -0.1) is 11.3 Å². The van der Waals surface area contributed by atoms with Crippen molar-refractivity contribution in [2.45, 2.75) is 45.6 Å². The number of thiophene rings is 1. The Labute approximate surface area is 204 Å². The van der Waals surface area contributed by atoms with E-state index in [-0.39, 0.29) is 24.4 Å². The van der Waals surface area contributed by atoms with E-state index >= 15 is 0 Å². The number of carbonyl (C=O) groups excluding carboxylic acids is 2. The Hall–Kier alpha value is -1.60. The van der Waals surface area contributed by atoms with E-state index in [1.54, 1.807) is 28.4 Å². The third-order valence-electron chi connectivity index (χ3n) is 5.61. The molecule has 0 N–H and O–H groups in total. The third kappa shape index (κ3) is 6.04. The first-order valence-electron chi connectivity index (χ1n) is 11.1. The summed E-state index contributed by atoms with van der Waals surface area (Å²) in [6.45, 7) is 6.29. The lowest BCUT2D eigenvalue weighted by Crippen LogP contribution is -2.47. The van der Waals surface area contributed by atoms with E-state index in [1.807, 2.05) is 24.8 Å². The normalized spacial score (nSPS) is 15.5. The van der Waals surface area contributed by atoms with Crippen molar-refractivity contribution in [3.8, 4) is 0 Å². The van der Waals surface area contributed by atoms with Gasteiger partial charge in [-0.25, -0.2) is 0 Å². The summed E-state index contributed by atoms with van der Waals surface area (Å²) < 4.78 is 5.42. The zero-order chi connectivity index (χ0) is 23.1. The van der Waals surface area contributed by atoms with Gasteiger partial charge in [0.25, 0.3) is 0 Å². The number of ether oxygens (including phenoxy) is 1. The maximum Gasteiger partial charge on any atom is 0.242 e. The average Bonchev–Trinajstić information content (AvgIpc) is 3.24. The first-order valence-corrected chi connectivity index (χ1v) is 12.8. The summed E-state index contributed by atoms with van der Waals surface area (Å²) in [5.41, 5.74) is 1.95. The smallest absolute Gasteiger partial charge is 0.242 e. The molecule has 32 heavy (non-hydrogen) atoms. The predicted molar refractivity (Wildman–Crippen MR) is 131 cm³/mol. The fourth-order valence-electron chi connectivity index (χ4n) is 4.06. The van der Waals surface area contributed by atoms with Gasteiger partial charge in [-0.1, -0.05) is 36.2 Å². The molecule has 1 aromatic carbocycles. The maximum absolute atomic E-state index is 13.5. The van der Waals surface area contributed by atoms with Crippen LogP contribution >= 0.6 is 34.5 Å². The lowest BCUT2D eigenvalue weighted by molar-refractivity contribution is -0.142. The highest BCUT2D eigenvalue weighted by atomic mass is 35.5. The van der Waals surface area contributed by atoms with Crippen LogP contribution in [-0.2, 0) is 20.7 Å². The molecule has 1 atom stereocenters. The monoisotopic (exact) mass is 496 g/mol. The summed E-state index contributed by atoms with van der Waals surface area (Å²) in [5, 5.41) is 3.15. The van der Waals surface area contributed by atoms with Gasteiger partial charge in [0.05, 0.1) is 12.6 Å². The van der Waals surface area contributed by atoms with Gasteiger partial charge in [0, 0.05) is 47.6 Å². The van der Waals surface area contributed by atoms with E-state index in [0.717, 1.165) is 24.0 Å². The fourth-order valence-corrected chi connectivity index (χ4v) is 5.48. The molecule has 1 aliphatic heterocycles. The van der Waals surface area contributed by atoms with E-state index in [1.165, 1.54) is 4.88 Å². The molecule has 1 aliphatic rings. The average molecular weight is 497 g/mol. The molecule has 0 fully saturated rings. The molecule has 2 heterocycles. The number of amides is 2. The van der Waals surface area contributed by atoms with Crippen LogP contribution in [0.1, 0.15) is 55.2 Å². The van der Waals surface area contributed by atoms with Gasteiger partial charge in [0.1, 0.15) is 0 Å². The molecule has 0 aliphatic carbocycles. The van der Waals surface area contributed by atoms with Crippen LogP contribution in [0.25, 0.3) is 0 Å². The number of benzene rings is 1. The van der Waals surface area contributed by atoms with Crippen molar-refractivity contribution in [3.05, 3.63) is 55.7 Å². The van der Waals surface area contributed by atoms with Crippen LogP contribution in [0.5, 0.6) is 0 Å². The summed E-state index contributed by atoms with van der Waals surface area (Å²) in [6.07, 6.45) is 2.69. The number of fused-ring (bicyclic) bond motifs is 1. The predicted octanol–water partition coefficient (Wildman–Crippen LogP) is 5.58. The number of halogens is 2. The highest BCUT2D eigenvalue weighted by Crippen LogP contribution is 2.41. The van der Waals surface area contributed by atoms with Crippen molar-refractivity contribution >= 4 is 46.4 Å². The summed E-state index contributed by atoms with van der Waals surface area (Å²) >= 11 is 14.4. The molecule has 0 saturated carbocycles. The largest absolute Gasteiger partial charge is 0.382 e. The van der Waals surface area contributed by atoms with E-state index < -0.39 is 0 Å². The molecule has 5 nitrogen and oxygen atoms in total. The van der Waals surface area contributed by atoms with Gasteiger partial charge in [-0.05, 0) is 60.9 Å². The molecule has 2 aromatic rings. The summed E-state index contributed by atoms with van der Waals surface area (Å²) in [7, 11) is 0. The zero-order valence-corrected chi connectivity index (χ0v) is 20.9. The molecule has 0 bridgehead atoms. The minimum absolute atomic E-state index is 0.00616. The first-order chi connectivity index (χ1) is 15.5. The molecule has 2 amide bonds. The lowest BCUT2D eigenvalue weighted by atomic mass is 9.93. The van der Waals surface area contributed by atoms with Crippen LogP contribution in [-0.4, -0.2) is 54.5 Å². The second-order valence-electron chi connectivity index (χ2n) is 7.82. The van der Waals surface area contributed by atoms with Crippen LogP contribution in [0.4, 0.5) is 0 Å². The lowest BCUT2D eigenvalue weighted by Gasteiger charge is -2.38. The van der Waals surface area contributed by atoms with Crippen molar-refractivity contribution in [3.63, 3.8) is 0 Å². The van der Waals surface area contributed by atoms with Gasteiger partial charge in [-0.2, -0.15) is 0 Å². The second-order valence-corrected chi connectivity index (χ2v) is 9.66. The number of hydrogen-bond donors (Lipinski definition) is 0. The van der Waals surface area contributed by atoms with Crippen molar-refractivity contribution < 1.29 is 14.3 Å². The van der Waals surface area contributed by atoms with Gasteiger partial charge >= 0.3 is 0 Å². The van der Waals surface area contributed by atoms with Crippen molar-refractivity contribution in [1.29, 1.82) is 0 Å². The molecule has 1 aromatic heterocycles. The van der Waals surface area contributed by atoms with Crippen LogP contribution in [0, 0.1) is 0 Å². The number of rotatable bonds is 10. The Kier molecular flexibility index (Phi) is 9.41. The minimum Gasteiger partial charge on any atom is -0.382 e. The summed E-state index contributed by atoms with van der Waals surface area (Å²) in [5.74, 6) is -0.0645. The Balaban J connectivity index is 1.84. The molecule has 0 saturated heterocycles. The van der Waals surface area contributed by atoms with Crippen molar-refractivity contribution in [2.24, 2.45) is 0 Å². The molecule has 3 rings (SSSR count). The standard InChI is InChI=1S/C24H30Cl2N2O3S/c1-3-6-22(29)27(11-5-13-31-4-2)16-23(30)28-12-9-21-19(10-14-32-21)24(28)18-8-7-17(25)15-20(18)26/h7-8,10,14-15,24H,3-6,9,11-13,16H2,1-2H3. The quantitative estimate of drug-likeness (QED) is 0.403. The molecular formula is C24H30Cl2N2O3S. The molecule has 0 spiro atoms. The molecule has 0 radical (unpaired) electrons. The molecule has 1 unspecified atom stereocenters. The second kappa shape index (κ2) is 12.0. The van der Waals surface area contributed by atoms with E-state index in [4.69, 9.17) is 27.9 Å². The summed E-state index contributed by atoms with van der Waals surface area (Å²) in [6, 6.07) is 7.19. The van der Waals surface area contributed by atoms with E-state index in [9.17, 15) is 9.59 Å². The fraction of sp³-hybridized carbons (Fsp3) is 0.500. The van der Waals surface area contributed by atoms with Crippen molar-refractivity contribution in [1.82, 2.24) is 9.80 Å². The van der Waals surface area contributed by atoms with Gasteiger partial charge < -0.3 is 14.5 Å². The van der Waals surface area contributed by atoms with Gasteiger partial charge in [0.2, 0.25) is 11.8 Å². The van der Waals surface area contributed by atoms with Crippen LogP contribution in [0.15, 0.2) is 29.6 Å². The Bertz CT molecular complexity index is 934. The first kappa shape index (κ1) is 25.0. The highest BCUT2D eigenvalue weighted by molar-refractivity contribution is 7.10. The molecular weight excluding hydrogens is 467 g/mol. The Morgan fingerprint density at radius 3 is 2.75 bits per heavy atom. The zero-order valence-electron chi connectivity index (χ0n) is 18.6. The number of hydrogen-bond acceptors (Lipinski definition) is 4. The topological polar surface area (TPSA) is 49.9 Å². The minimum atomic E-state index is -0.284.